The van der Waals surface area contributed by atoms with E-state index in [1.54, 1.807) is 6.07 Å². The summed E-state index contributed by atoms with van der Waals surface area (Å²) in [5.74, 6) is -5.37. The van der Waals surface area contributed by atoms with Crippen molar-refractivity contribution in [1.29, 1.82) is 0 Å². The first-order chi connectivity index (χ1) is 22.1. The van der Waals surface area contributed by atoms with Gasteiger partial charge in [0.15, 0.2) is 0 Å². The highest BCUT2D eigenvalue weighted by Crippen LogP contribution is 2.25. The van der Waals surface area contributed by atoms with Crippen LogP contribution in [0.3, 0.4) is 0 Å². The number of hydrogen-bond donors (Lipinski definition) is 5. The first kappa shape index (κ1) is 36.2. The summed E-state index contributed by atoms with van der Waals surface area (Å²) in [7, 11) is -2.53. The number of nitrogens with zero attached hydrogens (tertiary/aromatic N) is 2. The van der Waals surface area contributed by atoms with Crippen LogP contribution in [-0.4, -0.2) is 84.1 Å². The van der Waals surface area contributed by atoms with Gasteiger partial charge >= 0.3 is 12.1 Å². The monoisotopic (exact) mass is 684 g/mol. The number of carboxylic acid groups (broad SMARTS) is 1. The second-order valence-electron chi connectivity index (χ2n) is 9.61. The number of rotatable bonds is 9. The molecule has 2 aromatic carbocycles. The SMILES string of the molecule is C=CC(=O)Nc1cccc(S(=O)(=O)N2CCC(NC(=O)c3[nH]ncc3NC(=O)c3c(F)cccc3OC)CC2)c1.O=C(O)C(F)(F)F. The maximum absolute atomic E-state index is 14.3. The summed E-state index contributed by atoms with van der Waals surface area (Å²) in [5.41, 5.74) is -0.00266. The minimum Gasteiger partial charge on any atom is -0.496 e. The van der Waals surface area contributed by atoms with Crippen molar-refractivity contribution in [3.05, 3.63) is 78.4 Å². The van der Waals surface area contributed by atoms with E-state index in [-0.39, 0.29) is 46.7 Å². The van der Waals surface area contributed by atoms with E-state index in [2.05, 4.69) is 32.7 Å². The second-order valence-corrected chi connectivity index (χ2v) is 11.5. The number of methoxy groups -OCH3 is 1. The maximum atomic E-state index is 14.3. The van der Waals surface area contributed by atoms with E-state index in [9.17, 15) is 40.4 Å². The lowest BCUT2D eigenvalue weighted by atomic mass is 10.1. The summed E-state index contributed by atoms with van der Waals surface area (Å²) in [6.45, 7) is 3.67. The number of benzene rings is 2. The van der Waals surface area contributed by atoms with Crippen LogP contribution in [0.15, 0.2) is 66.2 Å². The number of carbonyl (C=O) groups is 4. The van der Waals surface area contributed by atoms with Crippen molar-refractivity contribution in [2.45, 2.75) is 30.0 Å². The lowest BCUT2D eigenvalue weighted by Crippen LogP contribution is -2.46. The predicted octanol–water partition coefficient (Wildman–Crippen LogP) is 3.15. The maximum Gasteiger partial charge on any atom is 0.490 e. The number of piperidine rings is 1. The minimum absolute atomic E-state index is 0.0289. The Bertz CT molecular complexity index is 1760. The molecule has 0 radical (unpaired) electrons. The molecule has 2 heterocycles. The number of hydrogen-bond acceptors (Lipinski definition) is 8. The van der Waals surface area contributed by atoms with Gasteiger partial charge in [-0.1, -0.05) is 18.7 Å². The number of sulfonamides is 1. The van der Waals surface area contributed by atoms with Gasteiger partial charge in [0, 0.05) is 24.8 Å². The van der Waals surface area contributed by atoms with Gasteiger partial charge in [-0.25, -0.2) is 17.6 Å². The Morgan fingerprint density at radius 2 is 1.72 bits per heavy atom. The van der Waals surface area contributed by atoms with Gasteiger partial charge in [0.25, 0.3) is 11.8 Å². The molecule has 1 fully saturated rings. The first-order valence-corrected chi connectivity index (χ1v) is 14.8. The molecule has 4 rings (SSSR count). The Hall–Kier alpha value is -5.30. The number of aliphatic carboxylic acids is 1. The van der Waals surface area contributed by atoms with Gasteiger partial charge in [0.2, 0.25) is 15.9 Å². The third-order valence-electron chi connectivity index (χ3n) is 6.49. The van der Waals surface area contributed by atoms with E-state index in [1.807, 2.05) is 0 Å². The molecule has 14 nitrogen and oxygen atoms in total. The molecule has 0 unspecified atom stereocenters. The molecule has 1 aliphatic heterocycles. The van der Waals surface area contributed by atoms with Crippen LogP contribution in [0.5, 0.6) is 5.75 Å². The molecular formula is C28H28F4N6O8S. The fourth-order valence-electron chi connectivity index (χ4n) is 4.21. The zero-order valence-corrected chi connectivity index (χ0v) is 25.2. The normalized spacial score (nSPS) is 13.8. The third-order valence-corrected chi connectivity index (χ3v) is 8.39. The highest BCUT2D eigenvalue weighted by molar-refractivity contribution is 7.89. The molecule has 252 valence electrons. The summed E-state index contributed by atoms with van der Waals surface area (Å²) in [6.07, 6.45) is -2.11. The summed E-state index contributed by atoms with van der Waals surface area (Å²) >= 11 is 0. The Morgan fingerprint density at radius 3 is 2.32 bits per heavy atom. The van der Waals surface area contributed by atoms with Gasteiger partial charge in [0.1, 0.15) is 22.8 Å². The van der Waals surface area contributed by atoms with Gasteiger partial charge in [0.05, 0.1) is 23.9 Å². The molecule has 3 amide bonds. The first-order valence-electron chi connectivity index (χ1n) is 13.4. The van der Waals surface area contributed by atoms with Crippen LogP contribution < -0.4 is 20.7 Å². The number of amides is 3. The lowest BCUT2D eigenvalue weighted by Gasteiger charge is -2.31. The van der Waals surface area contributed by atoms with Crippen LogP contribution in [0.4, 0.5) is 28.9 Å². The summed E-state index contributed by atoms with van der Waals surface area (Å²) < 4.78 is 78.7. The summed E-state index contributed by atoms with van der Waals surface area (Å²) in [4.78, 5) is 46.2. The van der Waals surface area contributed by atoms with Crippen LogP contribution in [0.1, 0.15) is 33.7 Å². The Balaban J connectivity index is 0.000000771. The quantitative estimate of drug-likeness (QED) is 0.166. The number of anilines is 2. The van der Waals surface area contributed by atoms with E-state index >= 15 is 0 Å². The van der Waals surface area contributed by atoms with Crippen molar-refractivity contribution < 1.29 is 55.0 Å². The number of aromatic amines is 1. The molecule has 0 aliphatic carbocycles. The highest BCUT2D eigenvalue weighted by atomic mass is 32.2. The van der Waals surface area contributed by atoms with Crippen molar-refractivity contribution in [3.8, 4) is 5.75 Å². The molecule has 0 bridgehead atoms. The number of ether oxygens (including phenoxy) is 1. The zero-order chi connectivity index (χ0) is 34.9. The van der Waals surface area contributed by atoms with Gasteiger partial charge in [-0.15, -0.1) is 0 Å². The van der Waals surface area contributed by atoms with Gasteiger partial charge in [-0.05, 0) is 49.2 Å². The van der Waals surface area contributed by atoms with Crippen molar-refractivity contribution in [2.75, 3.05) is 30.8 Å². The summed E-state index contributed by atoms with van der Waals surface area (Å²) in [5, 5.41) is 21.3. The van der Waals surface area contributed by atoms with Crippen LogP contribution in [0.25, 0.3) is 0 Å². The van der Waals surface area contributed by atoms with Crippen molar-refractivity contribution in [2.24, 2.45) is 0 Å². The molecule has 0 saturated carbocycles. The fourth-order valence-corrected chi connectivity index (χ4v) is 5.72. The number of carbonyl (C=O) groups excluding carboxylic acids is 3. The van der Waals surface area contributed by atoms with E-state index in [0.717, 1.165) is 12.1 Å². The number of H-pyrrole nitrogens is 1. The Labute approximate surface area is 264 Å². The molecule has 5 N–H and O–H groups in total. The van der Waals surface area contributed by atoms with Crippen LogP contribution in [0.2, 0.25) is 0 Å². The average molecular weight is 685 g/mol. The molecule has 1 aromatic heterocycles. The Morgan fingerprint density at radius 1 is 1.09 bits per heavy atom. The molecular weight excluding hydrogens is 656 g/mol. The van der Waals surface area contributed by atoms with E-state index in [4.69, 9.17) is 14.6 Å². The number of nitrogens with one attached hydrogen (secondary N) is 4. The predicted molar refractivity (Wildman–Crippen MR) is 158 cm³/mol. The van der Waals surface area contributed by atoms with Gasteiger partial charge in [-0.3, -0.25) is 19.5 Å². The largest absolute Gasteiger partial charge is 0.496 e. The van der Waals surface area contributed by atoms with E-state index in [0.29, 0.717) is 18.5 Å². The standard InChI is InChI=1S/C26H27FN6O6S.C2HF3O2/c1-3-22(34)29-17-6-4-7-18(14-17)40(37,38)33-12-10-16(11-13-33)30-26(36)24-20(15-28-32-24)31-25(35)23-19(27)8-5-9-21(23)39-2;3-2(4,5)1(6)7/h3-9,14-16H,1,10-13H2,2H3,(H,28,32)(H,29,34)(H,30,36)(H,31,35);(H,6,7). The molecule has 3 aromatic rings. The van der Waals surface area contributed by atoms with Crippen LogP contribution in [0, 0.1) is 5.82 Å². The number of alkyl halides is 3. The molecule has 0 spiro atoms. The highest BCUT2D eigenvalue weighted by Gasteiger charge is 2.38. The molecule has 1 saturated heterocycles. The van der Waals surface area contributed by atoms with Crippen LogP contribution >= 0.6 is 0 Å². The number of halogens is 4. The minimum atomic E-state index is -5.08. The zero-order valence-electron chi connectivity index (χ0n) is 24.4. The van der Waals surface area contributed by atoms with Gasteiger partial charge < -0.3 is 25.8 Å². The summed E-state index contributed by atoms with van der Waals surface area (Å²) in [6, 6.07) is 9.51. The molecule has 0 atom stereocenters. The smallest absolute Gasteiger partial charge is 0.490 e. The van der Waals surface area contributed by atoms with Gasteiger partial charge in [-0.2, -0.15) is 22.6 Å². The Kier molecular flexibility index (Phi) is 11.8. The van der Waals surface area contributed by atoms with Crippen molar-refractivity contribution in [3.63, 3.8) is 0 Å². The topological polar surface area (TPSA) is 200 Å². The molecule has 1 aliphatic rings. The van der Waals surface area contributed by atoms with E-state index in [1.165, 1.54) is 47.9 Å². The van der Waals surface area contributed by atoms with Crippen LogP contribution in [-0.2, 0) is 19.6 Å². The second kappa shape index (κ2) is 15.3. The third kappa shape index (κ3) is 9.36. The lowest BCUT2D eigenvalue weighted by molar-refractivity contribution is -0.192. The molecule has 19 heteroatoms. The van der Waals surface area contributed by atoms with Crippen molar-refractivity contribution in [1.82, 2.24) is 19.8 Å². The number of carboxylic acids is 1. The van der Waals surface area contributed by atoms with Crippen molar-refractivity contribution >= 4 is 45.1 Å². The molecule has 47 heavy (non-hydrogen) atoms. The number of aromatic nitrogens is 2. The van der Waals surface area contributed by atoms with E-state index < -0.39 is 45.7 Å². The fraction of sp³-hybridized carbons (Fsp3) is 0.250. The average Bonchev–Trinajstić information content (AvgIpc) is 3.49.